The van der Waals surface area contributed by atoms with Crippen LogP contribution in [0.25, 0.3) is 0 Å². The predicted molar refractivity (Wildman–Crippen MR) is 74.0 cm³/mol. The van der Waals surface area contributed by atoms with Gasteiger partial charge in [-0.1, -0.05) is 0 Å². The molecule has 0 radical (unpaired) electrons. The highest BCUT2D eigenvalue weighted by atomic mass is 32.2. The summed E-state index contributed by atoms with van der Waals surface area (Å²) in [7, 11) is -2.54. The Balaban J connectivity index is 2.47. The molecular formula is C13H17NO6S. The third-order valence-corrected chi connectivity index (χ3v) is 5.52. The lowest BCUT2D eigenvalue weighted by atomic mass is 10.2. The maximum atomic E-state index is 12.7. The van der Waals surface area contributed by atoms with Crippen LogP contribution >= 0.6 is 0 Å². The summed E-state index contributed by atoms with van der Waals surface area (Å²) in [6, 6.07) is 3.18. The van der Waals surface area contributed by atoms with E-state index in [1.54, 1.807) is 0 Å². The smallest absolute Gasteiger partial charge is 0.335 e. The minimum atomic E-state index is -3.83. The monoisotopic (exact) mass is 315 g/mol. The molecule has 0 spiro atoms. The first kappa shape index (κ1) is 15.7. The van der Waals surface area contributed by atoms with Gasteiger partial charge < -0.3 is 14.9 Å². The number of carboxylic acid groups (broad SMARTS) is 1. The van der Waals surface area contributed by atoms with Crippen LogP contribution in [0.1, 0.15) is 23.2 Å². The van der Waals surface area contributed by atoms with Crippen LogP contribution in [-0.2, 0) is 10.0 Å². The summed E-state index contributed by atoms with van der Waals surface area (Å²) < 4.78 is 31.6. The van der Waals surface area contributed by atoms with E-state index in [9.17, 15) is 18.3 Å². The topological polar surface area (TPSA) is 104 Å². The molecule has 1 aliphatic rings. The van der Waals surface area contributed by atoms with E-state index in [0.717, 1.165) is 0 Å². The van der Waals surface area contributed by atoms with Gasteiger partial charge in [0.05, 0.1) is 19.3 Å². The summed E-state index contributed by atoms with van der Waals surface area (Å²) in [6.45, 7) is 0.0894. The lowest BCUT2D eigenvalue weighted by Gasteiger charge is -2.23. The molecule has 0 aromatic heterocycles. The van der Waals surface area contributed by atoms with Gasteiger partial charge >= 0.3 is 5.97 Å². The molecule has 1 aliphatic heterocycles. The van der Waals surface area contributed by atoms with E-state index in [1.807, 2.05) is 0 Å². The van der Waals surface area contributed by atoms with Crippen LogP contribution in [0, 0.1) is 0 Å². The van der Waals surface area contributed by atoms with Crippen LogP contribution < -0.4 is 4.74 Å². The van der Waals surface area contributed by atoms with Gasteiger partial charge in [-0.2, -0.15) is 4.31 Å². The fraction of sp³-hybridized carbons (Fsp3) is 0.462. The molecule has 1 heterocycles. The van der Waals surface area contributed by atoms with Crippen molar-refractivity contribution < 1.29 is 28.2 Å². The largest absolute Gasteiger partial charge is 0.495 e. The Morgan fingerprint density at radius 1 is 1.48 bits per heavy atom. The molecule has 7 nitrogen and oxygen atoms in total. The van der Waals surface area contributed by atoms with Crippen molar-refractivity contribution >= 4 is 16.0 Å². The van der Waals surface area contributed by atoms with E-state index >= 15 is 0 Å². The maximum absolute atomic E-state index is 12.7. The Kier molecular flexibility index (Phi) is 4.50. The number of carbonyl (C=O) groups is 1. The van der Waals surface area contributed by atoms with E-state index in [1.165, 1.54) is 29.6 Å². The molecule has 0 aliphatic carbocycles. The Labute approximate surface area is 122 Å². The normalized spacial score (nSPS) is 19.6. The van der Waals surface area contributed by atoms with Gasteiger partial charge in [0.25, 0.3) is 0 Å². The number of hydrogen-bond acceptors (Lipinski definition) is 5. The van der Waals surface area contributed by atoms with Gasteiger partial charge in [0.1, 0.15) is 10.6 Å². The van der Waals surface area contributed by atoms with Gasteiger partial charge in [0.2, 0.25) is 10.0 Å². The van der Waals surface area contributed by atoms with Crippen LogP contribution in [0.2, 0.25) is 0 Å². The summed E-state index contributed by atoms with van der Waals surface area (Å²) in [5.41, 5.74) is -0.0501. The summed E-state index contributed by atoms with van der Waals surface area (Å²) in [6.07, 6.45) is 1.28. The molecule has 1 fully saturated rings. The minimum absolute atomic E-state index is 0.0153. The fourth-order valence-electron chi connectivity index (χ4n) is 2.45. The molecule has 0 amide bonds. The van der Waals surface area contributed by atoms with Gasteiger partial charge in [-0.15, -0.1) is 0 Å². The Morgan fingerprint density at radius 3 is 2.76 bits per heavy atom. The number of ether oxygens (including phenoxy) is 1. The zero-order chi connectivity index (χ0) is 15.6. The Morgan fingerprint density at radius 2 is 2.19 bits per heavy atom. The number of sulfonamides is 1. The van der Waals surface area contributed by atoms with Crippen molar-refractivity contribution in [2.45, 2.75) is 23.8 Å². The van der Waals surface area contributed by atoms with Gasteiger partial charge in [-0.3, -0.25) is 0 Å². The third kappa shape index (κ3) is 2.87. The summed E-state index contributed by atoms with van der Waals surface area (Å²) in [4.78, 5) is 10.8. The van der Waals surface area contributed by atoms with Crippen molar-refractivity contribution in [2.75, 3.05) is 20.3 Å². The zero-order valence-corrected chi connectivity index (χ0v) is 12.3. The summed E-state index contributed by atoms with van der Waals surface area (Å²) in [5, 5.41) is 18.2. The van der Waals surface area contributed by atoms with E-state index in [4.69, 9.17) is 9.84 Å². The average molecular weight is 315 g/mol. The van der Waals surface area contributed by atoms with Crippen LogP contribution in [-0.4, -0.2) is 55.2 Å². The molecule has 116 valence electrons. The molecule has 2 rings (SSSR count). The highest BCUT2D eigenvalue weighted by Crippen LogP contribution is 2.32. The van der Waals surface area contributed by atoms with E-state index < -0.39 is 22.0 Å². The summed E-state index contributed by atoms with van der Waals surface area (Å²) >= 11 is 0. The number of aliphatic hydroxyl groups excluding tert-OH is 1. The molecule has 2 N–H and O–H groups in total. The van der Waals surface area contributed by atoms with Crippen molar-refractivity contribution in [1.82, 2.24) is 4.31 Å². The van der Waals surface area contributed by atoms with Crippen molar-refractivity contribution in [3.8, 4) is 5.75 Å². The van der Waals surface area contributed by atoms with Gasteiger partial charge in [0.15, 0.2) is 0 Å². The lowest BCUT2D eigenvalue weighted by Crippen LogP contribution is -2.37. The number of aliphatic hydroxyl groups is 1. The first-order valence-electron chi connectivity index (χ1n) is 6.46. The highest BCUT2D eigenvalue weighted by molar-refractivity contribution is 7.89. The molecule has 21 heavy (non-hydrogen) atoms. The maximum Gasteiger partial charge on any atom is 0.335 e. The van der Waals surface area contributed by atoms with Crippen molar-refractivity contribution in [1.29, 1.82) is 0 Å². The number of rotatable bonds is 5. The standard InChI is InChI=1S/C13H17NO6S/c1-20-11-7-9(13(16)17)4-5-12(11)21(18,19)14-6-2-3-10(14)8-15/h4-5,7,10,15H,2-3,6,8H2,1H3,(H,16,17)/t10-/m1/s1. The second-order valence-corrected chi connectivity index (χ2v) is 6.62. The molecule has 0 bridgehead atoms. The predicted octanol–water partition coefficient (Wildman–Crippen LogP) is 0.539. The van der Waals surface area contributed by atoms with Crippen LogP contribution in [0.3, 0.4) is 0 Å². The Hall–Kier alpha value is -1.64. The number of nitrogens with zero attached hydrogens (tertiary/aromatic N) is 1. The minimum Gasteiger partial charge on any atom is -0.495 e. The van der Waals surface area contributed by atoms with E-state index in [-0.39, 0.29) is 22.8 Å². The number of benzene rings is 1. The van der Waals surface area contributed by atoms with Gasteiger partial charge in [0, 0.05) is 12.6 Å². The van der Waals surface area contributed by atoms with Gasteiger partial charge in [-0.25, -0.2) is 13.2 Å². The molecule has 0 unspecified atom stereocenters. The number of aromatic carboxylic acids is 1. The van der Waals surface area contributed by atoms with Crippen molar-refractivity contribution in [3.63, 3.8) is 0 Å². The zero-order valence-electron chi connectivity index (χ0n) is 11.5. The van der Waals surface area contributed by atoms with Crippen LogP contribution in [0.15, 0.2) is 23.1 Å². The second kappa shape index (κ2) is 6.00. The van der Waals surface area contributed by atoms with Crippen LogP contribution in [0.5, 0.6) is 5.75 Å². The average Bonchev–Trinajstić information content (AvgIpc) is 2.95. The third-order valence-electron chi connectivity index (χ3n) is 3.53. The first-order chi connectivity index (χ1) is 9.91. The van der Waals surface area contributed by atoms with Crippen LogP contribution in [0.4, 0.5) is 0 Å². The Bertz CT molecular complexity index is 642. The van der Waals surface area contributed by atoms with Crippen molar-refractivity contribution in [3.05, 3.63) is 23.8 Å². The molecular weight excluding hydrogens is 298 g/mol. The number of hydrogen-bond donors (Lipinski definition) is 2. The lowest BCUT2D eigenvalue weighted by molar-refractivity contribution is 0.0696. The molecule has 1 aromatic carbocycles. The number of methoxy groups -OCH3 is 1. The number of carboxylic acids is 1. The highest BCUT2D eigenvalue weighted by Gasteiger charge is 2.36. The molecule has 0 saturated carbocycles. The molecule has 1 atom stereocenters. The molecule has 1 aromatic rings. The summed E-state index contributed by atoms with van der Waals surface area (Å²) in [5.74, 6) is -1.18. The van der Waals surface area contributed by atoms with Gasteiger partial charge in [-0.05, 0) is 31.0 Å². The SMILES string of the molecule is COc1cc(C(=O)O)ccc1S(=O)(=O)N1CCC[C@@H]1CO. The quantitative estimate of drug-likeness (QED) is 0.822. The molecule has 8 heteroatoms. The molecule has 1 saturated heterocycles. The van der Waals surface area contributed by atoms with E-state index in [2.05, 4.69) is 0 Å². The fourth-order valence-corrected chi connectivity index (χ4v) is 4.27. The van der Waals surface area contributed by atoms with E-state index in [0.29, 0.717) is 19.4 Å². The first-order valence-corrected chi connectivity index (χ1v) is 7.90. The second-order valence-electron chi connectivity index (χ2n) is 4.77. The van der Waals surface area contributed by atoms with Crippen molar-refractivity contribution in [2.24, 2.45) is 0 Å².